The lowest BCUT2D eigenvalue weighted by atomic mass is 10.2. The molecule has 154 valence electrons. The summed E-state index contributed by atoms with van der Waals surface area (Å²) in [4.78, 5) is 26.6. The van der Waals surface area contributed by atoms with Crippen LogP contribution in [0.2, 0.25) is 5.02 Å². The van der Waals surface area contributed by atoms with Crippen LogP contribution in [0.5, 0.6) is 11.5 Å². The third-order valence-corrected chi connectivity index (χ3v) is 4.98. The van der Waals surface area contributed by atoms with Crippen molar-refractivity contribution >= 4 is 34.9 Å². The zero-order valence-corrected chi connectivity index (χ0v) is 17.0. The fraction of sp³-hybridized carbons (Fsp3) is 0.300. The van der Waals surface area contributed by atoms with Crippen molar-refractivity contribution in [3.05, 3.63) is 46.7 Å². The van der Waals surface area contributed by atoms with Crippen molar-refractivity contribution in [2.75, 3.05) is 31.0 Å². The van der Waals surface area contributed by atoms with E-state index in [1.54, 1.807) is 25.1 Å². The number of hydrogen-bond donors (Lipinski definition) is 2. The molecular formula is C20H21ClFN3O4. The van der Waals surface area contributed by atoms with Gasteiger partial charge >= 0.3 is 6.03 Å². The molecule has 1 aliphatic rings. The highest BCUT2D eigenvalue weighted by Gasteiger charge is 2.34. The molecule has 1 saturated heterocycles. The van der Waals surface area contributed by atoms with Crippen molar-refractivity contribution in [3.63, 3.8) is 0 Å². The zero-order valence-electron chi connectivity index (χ0n) is 16.2. The summed E-state index contributed by atoms with van der Waals surface area (Å²) in [5.41, 5.74) is 1.39. The third kappa shape index (κ3) is 4.37. The van der Waals surface area contributed by atoms with Gasteiger partial charge in [0, 0.05) is 18.3 Å². The molecule has 0 aromatic heterocycles. The van der Waals surface area contributed by atoms with E-state index >= 15 is 0 Å². The van der Waals surface area contributed by atoms with E-state index in [1.165, 1.54) is 31.3 Å². The standard InChI is InChI=1S/C20H21ClFN3O4/c1-11-8-12(4-5-14(11)22)25-7-6-15(19(25)26)23-20(27)24-16-9-13(21)17(28-2)10-18(16)29-3/h4-5,8-10,15H,6-7H2,1-3H3,(H2,23,24,27). The van der Waals surface area contributed by atoms with Crippen LogP contribution < -0.4 is 25.0 Å². The fourth-order valence-corrected chi connectivity index (χ4v) is 3.38. The van der Waals surface area contributed by atoms with Crippen LogP contribution in [0.15, 0.2) is 30.3 Å². The predicted octanol–water partition coefficient (Wildman–Crippen LogP) is 3.73. The number of nitrogens with zero attached hydrogens (tertiary/aromatic N) is 1. The van der Waals surface area contributed by atoms with Gasteiger partial charge in [-0.15, -0.1) is 0 Å². The molecule has 3 amide bonds. The van der Waals surface area contributed by atoms with E-state index in [1.807, 2.05) is 0 Å². The molecule has 0 bridgehead atoms. The minimum absolute atomic E-state index is 0.258. The molecule has 9 heteroatoms. The van der Waals surface area contributed by atoms with Crippen molar-refractivity contribution in [3.8, 4) is 11.5 Å². The number of carbonyl (C=O) groups excluding carboxylic acids is 2. The first-order valence-electron chi connectivity index (χ1n) is 8.90. The molecule has 2 N–H and O–H groups in total. The van der Waals surface area contributed by atoms with Crippen LogP contribution in [0.25, 0.3) is 0 Å². The lowest BCUT2D eigenvalue weighted by Crippen LogP contribution is -2.43. The maximum absolute atomic E-state index is 13.5. The molecule has 2 aromatic rings. The van der Waals surface area contributed by atoms with Crippen molar-refractivity contribution in [1.29, 1.82) is 0 Å². The summed E-state index contributed by atoms with van der Waals surface area (Å²) >= 11 is 6.11. The molecule has 0 spiro atoms. The first kappa shape index (κ1) is 20.7. The summed E-state index contributed by atoms with van der Waals surface area (Å²) < 4.78 is 23.8. The van der Waals surface area contributed by atoms with Crippen molar-refractivity contribution in [2.24, 2.45) is 0 Å². The van der Waals surface area contributed by atoms with Crippen molar-refractivity contribution < 1.29 is 23.5 Å². The van der Waals surface area contributed by atoms with Gasteiger partial charge in [-0.3, -0.25) is 4.79 Å². The number of aryl methyl sites for hydroxylation is 1. The molecule has 1 fully saturated rings. The van der Waals surface area contributed by atoms with Gasteiger partial charge < -0.3 is 25.0 Å². The smallest absolute Gasteiger partial charge is 0.319 e. The van der Waals surface area contributed by atoms with E-state index in [2.05, 4.69) is 10.6 Å². The van der Waals surface area contributed by atoms with Gasteiger partial charge in [0.1, 0.15) is 23.4 Å². The highest BCUT2D eigenvalue weighted by atomic mass is 35.5. The monoisotopic (exact) mass is 421 g/mol. The van der Waals surface area contributed by atoms with Gasteiger partial charge in [-0.25, -0.2) is 9.18 Å². The topological polar surface area (TPSA) is 79.9 Å². The van der Waals surface area contributed by atoms with Gasteiger partial charge in [0.05, 0.1) is 24.9 Å². The Kier molecular flexibility index (Phi) is 6.12. The molecule has 1 heterocycles. The van der Waals surface area contributed by atoms with Crippen LogP contribution in [-0.4, -0.2) is 38.7 Å². The number of hydrogen-bond acceptors (Lipinski definition) is 4. The molecule has 0 radical (unpaired) electrons. The number of halogens is 2. The number of ether oxygens (including phenoxy) is 2. The zero-order chi connectivity index (χ0) is 21.1. The number of urea groups is 1. The van der Waals surface area contributed by atoms with Crippen LogP contribution in [0.4, 0.5) is 20.6 Å². The Morgan fingerprint density at radius 3 is 2.59 bits per heavy atom. The van der Waals surface area contributed by atoms with Gasteiger partial charge in [-0.05, 0) is 43.2 Å². The number of amides is 3. The Bertz CT molecular complexity index is 954. The molecule has 1 aliphatic heterocycles. The average Bonchev–Trinajstić information content (AvgIpc) is 3.04. The summed E-state index contributed by atoms with van der Waals surface area (Å²) in [6.45, 7) is 2.06. The predicted molar refractivity (Wildman–Crippen MR) is 109 cm³/mol. The van der Waals surface area contributed by atoms with Crippen molar-refractivity contribution in [2.45, 2.75) is 19.4 Å². The molecular weight excluding hydrogens is 401 g/mol. The van der Waals surface area contributed by atoms with E-state index < -0.39 is 12.1 Å². The lowest BCUT2D eigenvalue weighted by Gasteiger charge is -2.18. The maximum Gasteiger partial charge on any atom is 0.319 e. The van der Waals surface area contributed by atoms with Crippen LogP contribution in [0.3, 0.4) is 0 Å². The normalized spacial score (nSPS) is 16.0. The summed E-state index contributed by atoms with van der Waals surface area (Å²) in [6.07, 6.45) is 0.434. The van der Waals surface area contributed by atoms with Gasteiger partial charge in [0.25, 0.3) is 0 Å². The summed E-state index contributed by atoms with van der Waals surface area (Å²) in [6, 6.07) is 6.28. The second kappa shape index (κ2) is 8.57. The number of carbonyl (C=O) groups is 2. The molecule has 7 nitrogen and oxygen atoms in total. The number of nitrogens with one attached hydrogen (secondary N) is 2. The minimum Gasteiger partial charge on any atom is -0.495 e. The molecule has 3 rings (SSSR count). The number of anilines is 2. The maximum atomic E-state index is 13.5. The molecule has 2 aromatic carbocycles. The van der Waals surface area contributed by atoms with Gasteiger partial charge in [0.2, 0.25) is 5.91 Å². The van der Waals surface area contributed by atoms with Crippen LogP contribution in [0, 0.1) is 12.7 Å². The van der Waals surface area contributed by atoms with Crippen LogP contribution in [0.1, 0.15) is 12.0 Å². The summed E-state index contributed by atoms with van der Waals surface area (Å²) in [5.74, 6) is 0.181. The molecule has 1 unspecified atom stereocenters. The van der Waals surface area contributed by atoms with E-state index in [-0.39, 0.29) is 11.7 Å². The Balaban J connectivity index is 1.68. The Labute approximate surface area is 172 Å². The third-order valence-electron chi connectivity index (χ3n) is 4.69. The van der Waals surface area contributed by atoms with Gasteiger partial charge in [-0.1, -0.05) is 11.6 Å². The molecule has 29 heavy (non-hydrogen) atoms. The summed E-state index contributed by atoms with van der Waals surface area (Å²) in [5, 5.41) is 5.60. The van der Waals surface area contributed by atoms with Crippen LogP contribution in [-0.2, 0) is 4.79 Å². The summed E-state index contributed by atoms with van der Waals surface area (Å²) in [7, 11) is 2.93. The number of benzene rings is 2. The van der Waals surface area contributed by atoms with Gasteiger partial charge in [-0.2, -0.15) is 0 Å². The fourth-order valence-electron chi connectivity index (χ4n) is 3.14. The quantitative estimate of drug-likeness (QED) is 0.770. The Morgan fingerprint density at radius 1 is 1.21 bits per heavy atom. The van der Waals surface area contributed by atoms with Gasteiger partial charge in [0.15, 0.2) is 0 Å². The SMILES string of the molecule is COc1cc(OC)c(NC(=O)NC2CCN(c3ccc(F)c(C)c3)C2=O)cc1Cl. The Morgan fingerprint density at radius 2 is 1.93 bits per heavy atom. The van der Waals surface area contributed by atoms with Crippen molar-refractivity contribution in [1.82, 2.24) is 5.32 Å². The Hall–Kier alpha value is -3.00. The average molecular weight is 422 g/mol. The first-order chi connectivity index (χ1) is 13.8. The second-order valence-corrected chi connectivity index (χ2v) is 6.96. The number of rotatable bonds is 5. The highest BCUT2D eigenvalue weighted by molar-refractivity contribution is 6.32. The van der Waals surface area contributed by atoms with Crippen LogP contribution >= 0.6 is 11.6 Å². The van der Waals surface area contributed by atoms with E-state index in [9.17, 15) is 14.0 Å². The number of methoxy groups -OCH3 is 2. The highest BCUT2D eigenvalue weighted by Crippen LogP contribution is 2.35. The second-order valence-electron chi connectivity index (χ2n) is 6.55. The molecule has 0 aliphatic carbocycles. The largest absolute Gasteiger partial charge is 0.495 e. The first-order valence-corrected chi connectivity index (χ1v) is 9.28. The minimum atomic E-state index is -0.694. The van der Waals surface area contributed by atoms with E-state index in [0.29, 0.717) is 46.4 Å². The molecule has 0 saturated carbocycles. The van der Waals surface area contributed by atoms with E-state index in [4.69, 9.17) is 21.1 Å². The molecule has 1 atom stereocenters. The van der Waals surface area contributed by atoms with E-state index in [0.717, 1.165) is 0 Å². The lowest BCUT2D eigenvalue weighted by molar-refractivity contribution is -0.118.